The number of rotatable bonds is 7. The van der Waals surface area contributed by atoms with Crippen LogP contribution < -0.4 is 0 Å². The molecule has 0 unspecified atom stereocenters. The second kappa shape index (κ2) is 8.63. The maximum Gasteiger partial charge on any atom is 0.261 e. The molecule has 32 heavy (non-hydrogen) atoms. The van der Waals surface area contributed by atoms with Gasteiger partial charge in [0, 0.05) is 24.2 Å². The minimum absolute atomic E-state index is 0.190. The van der Waals surface area contributed by atoms with Crippen molar-refractivity contribution in [2.75, 3.05) is 6.54 Å². The number of carbonyl (C=O) groups excluding carboxylic acids is 2. The van der Waals surface area contributed by atoms with Gasteiger partial charge in [0.15, 0.2) is 0 Å². The van der Waals surface area contributed by atoms with E-state index in [4.69, 9.17) is 4.98 Å². The Kier molecular flexibility index (Phi) is 5.38. The fourth-order valence-corrected chi connectivity index (χ4v) is 4.25. The highest BCUT2D eigenvalue weighted by Crippen LogP contribution is 2.31. The number of carbonyl (C=O) groups is 2. The van der Waals surface area contributed by atoms with Crippen LogP contribution in [0.2, 0.25) is 0 Å². The van der Waals surface area contributed by atoms with Gasteiger partial charge in [0.1, 0.15) is 0 Å². The molecule has 0 bridgehead atoms. The zero-order chi connectivity index (χ0) is 21.9. The predicted octanol–water partition coefficient (Wildman–Crippen LogP) is 5.29. The van der Waals surface area contributed by atoms with Crippen LogP contribution in [0.25, 0.3) is 22.5 Å². The number of benzene rings is 3. The normalized spacial score (nSPS) is 12.9. The van der Waals surface area contributed by atoms with E-state index in [1.807, 2.05) is 42.7 Å². The summed E-state index contributed by atoms with van der Waals surface area (Å²) in [5, 5.41) is 0. The third kappa shape index (κ3) is 3.62. The number of aryl methyl sites for hydroxylation is 1. The molecule has 0 fully saturated rings. The molecule has 5 nitrogen and oxygen atoms in total. The fourth-order valence-electron chi connectivity index (χ4n) is 4.25. The molecule has 5 heteroatoms. The van der Waals surface area contributed by atoms with Crippen LogP contribution in [0.5, 0.6) is 0 Å². The van der Waals surface area contributed by atoms with E-state index >= 15 is 0 Å². The largest absolute Gasteiger partial charge is 0.330 e. The molecule has 0 aliphatic carbocycles. The summed E-state index contributed by atoms with van der Waals surface area (Å²) >= 11 is 0. The van der Waals surface area contributed by atoms with Crippen LogP contribution in [0.1, 0.15) is 33.6 Å². The zero-order valence-corrected chi connectivity index (χ0v) is 17.6. The first-order chi connectivity index (χ1) is 15.7. The number of amides is 2. The highest BCUT2D eigenvalue weighted by Gasteiger charge is 2.34. The number of imidazole rings is 1. The monoisotopic (exact) mass is 421 g/mol. The quantitative estimate of drug-likeness (QED) is 0.301. The first-order valence-electron chi connectivity index (χ1n) is 10.9. The Balaban J connectivity index is 1.31. The molecular formula is C27H23N3O2. The molecule has 0 saturated heterocycles. The van der Waals surface area contributed by atoms with Crippen molar-refractivity contribution in [1.29, 1.82) is 0 Å². The first kappa shape index (κ1) is 19.9. The molecule has 0 radical (unpaired) electrons. The van der Waals surface area contributed by atoms with Crippen molar-refractivity contribution in [2.45, 2.75) is 19.4 Å². The zero-order valence-electron chi connectivity index (χ0n) is 17.6. The van der Waals surface area contributed by atoms with Crippen molar-refractivity contribution in [3.63, 3.8) is 0 Å². The van der Waals surface area contributed by atoms with E-state index in [2.05, 4.69) is 28.8 Å². The molecule has 0 spiro atoms. The van der Waals surface area contributed by atoms with E-state index in [0.717, 1.165) is 41.9 Å². The third-order valence-corrected chi connectivity index (χ3v) is 5.84. The number of hydrogen-bond donors (Lipinski definition) is 0. The SMILES string of the molecule is O=C1c2ccccc2C(=O)N1CCCCn1cnc(-c2ccccc2)c1-c1ccccc1. The van der Waals surface area contributed by atoms with Gasteiger partial charge in [0.2, 0.25) is 0 Å². The Morgan fingerprint density at radius 3 is 1.78 bits per heavy atom. The highest BCUT2D eigenvalue weighted by atomic mass is 16.2. The maximum absolute atomic E-state index is 12.6. The topological polar surface area (TPSA) is 55.2 Å². The van der Waals surface area contributed by atoms with Crippen LogP contribution in [-0.2, 0) is 6.54 Å². The number of unbranched alkanes of at least 4 members (excludes halogenated alkanes) is 1. The summed E-state index contributed by atoms with van der Waals surface area (Å²) < 4.78 is 2.17. The Morgan fingerprint density at radius 1 is 0.625 bits per heavy atom. The van der Waals surface area contributed by atoms with E-state index in [1.165, 1.54) is 4.90 Å². The lowest BCUT2D eigenvalue weighted by Gasteiger charge is -2.14. The van der Waals surface area contributed by atoms with Crippen molar-refractivity contribution >= 4 is 11.8 Å². The van der Waals surface area contributed by atoms with Crippen molar-refractivity contribution in [3.8, 4) is 22.5 Å². The van der Waals surface area contributed by atoms with Gasteiger partial charge in [-0.2, -0.15) is 0 Å². The number of aromatic nitrogens is 2. The molecule has 2 heterocycles. The van der Waals surface area contributed by atoms with E-state index < -0.39 is 0 Å². The molecule has 1 aliphatic heterocycles. The van der Waals surface area contributed by atoms with Crippen LogP contribution >= 0.6 is 0 Å². The van der Waals surface area contributed by atoms with Gasteiger partial charge in [0.05, 0.1) is 28.8 Å². The average Bonchev–Trinajstić information content (AvgIpc) is 3.38. The number of fused-ring (bicyclic) bond motifs is 1. The van der Waals surface area contributed by atoms with Gasteiger partial charge in [-0.25, -0.2) is 4.98 Å². The molecule has 1 aromatic heterocycles. The molecule has 3 aromatic carbocycles. The summed E-state index contributed by atoms with van der Waals surface area (Å²) in [6.07, 6.45) is 3.45. The lowest BCUT2D eigenvalue weighted by molar-refractivity contribution is 0.0651. The van der Waals surface area contributed by atoms with Gasteiger partial charge in [-0.3, -0.25) is 14.5 Å². The lowest BCUT2D eigenvalue weighted by Crippen LogP contribution is -2.30. The number of imide groups is 1. The summed E-state index contributed by atoms with van der Waals surface area (Å²) in [7, 11) is 0. The summed E-state index contributed by atoms with van der Waals surface area (Å²) in [5.74, 6) is -0.380. The van der Waals surface area contributed by atoms with Gasteiger partial charge < -0.3 is 4.57 Å². The van der Waals surface area contributed by atoms with Crippen molar-refractivity contribution < 1.29 is 9.59 Å². The Labute approximate surface area is 187 Å². The van der Waals surface area contributed by atoms with Crippen LogP contribution in [-0.4, -0.2) is 32.8 Å². The average molecular weight is 422 g/mol. The van der Waals surface area contributed by atoms with Gasteiger partial charge in [-0.05, 0) is 25.0 Å². The molecule has 4 aromatic rings. The Bertz CT molecular complexity index is 1230. The van der Waals surface area contributed by atoms with Crippen molar-refractivity contribution in [1.82, 2.24) is 14.5 Å². The maximum atomic E-state index is 12.6. The smallest absolute Gasteiger partial charge is 0.261 e. The fraction of sp³-hybridized carbons (Fsp3) is 0.148. The summed E-state index contributed by atoms with van der Waals surface area (Å²) in [6.45, 7) is 1.18. The second-order valence-corrected chi connectivity index (χ2v) is 7.88. The Hall–Kier alpha value is -3.99. The molecule has 0 N–H and O–H groups in total. The van der Waals surface area contributed by atoms with E-state index in [0.29, 0.717) is 17.7 Å². The molecule has 1 aliphatic rings. The van der Waals surface area contributed by atoms with E-state index in [-0.39, 0.29) is 11.8 Å². The lowest BCUT2D eigenvalue weighted by atomic mass is 10.0. The van der Waals surface area contributed by atoms with Gasteiger partial charge in [0.25, 0.3) is 11.8 Å². The first-order valence-corrected chi connectivity index (χ1v) is 10.9. The van der Waals surface area contributed by atoms with Crippen molar-refractivity contribution in [2.24, 2.45) is 0 Å². The van der Waals surface area contributed by atoms with Gasteiger partial charge in [-0.15, -0.1) is 0 Å². The second-order valence-electron chi connectivity index (χ2n) is 7.88. The molecule has 5 rings (SSSR count). The minimum Gasteiger partial charge on any atom is -0.330 e. The van der Waals surface area contributed by atoms with Gasteiger partial charge in [-0.1, -0.05) is 72.8 Å². The molecule has 0 atom stereocenters. The molecule has 2 amide bonds. The summed E-state index contributed by atoms with van der Waals surface area (Å²) in [6, 6.07) is 27.5. The van der Waals surface area contributed by atoms with Crippen LogP contribution in [0.15, 0.2) is 91.3 Å². The van der Waals surface area contributed by atoms with Crippen LogP contribution in [0.3, 0.4) is 0 Å². The third-order valence-electron chi connectivity index (χ3n) is 5.84. The Morgan fingerprint density at radius 2 is 1.16 bits per heavy atom. The van der Waals surface area contributed by atoms with Crippen molar-refractivity contribution in [3.05, 3.63) is 102 Å². The van der Waals surface area contributed by atoms with E-state index in [9.17, 15) is 9.59 Å². The summed E-state index contributed by atoms with van der Waals surface area (Å²) in [4.78, 5) is 31.2. The van der Waals surface area contributed by atoms with Gasteiger partial charge >= 0.3 is 0 Å². The van der Waals surface area contributed by atoms with E-state index in [1.54, 1.807) is 24.3 Å². The minimum atomic E-state index is -0.190. The standard InChI is InChI=1S/C27H23N3O2/c31-26-22-15-7-8-16-23(22)27(32)30(26)18-10-9-17-29-19-28-24(20-11-3-1-4-12-20)25(29)21-13-5-2-6-14-21/h1-8,11-16,19H,9-10,17-18H2. The predicted molar refractivity (Wildman–Crippen MR) is 124 cm³/mol. The number of hydrogen-bond acceptors (Lipinski definition) is 3. The molecule has 158 valence electrons. The molecular weight excluding hydrogens is 398 g/mol. The summed E-state index contributed by atoms with van der Waals surface area (Å²) in [5.41, 5.74) is 5.24. The van der Waals surface area contributed by atoms with Crippen LogP contribution in [0.4, 0.5) is 0 Å². The molecule has 0 saturated carbocycles. The highest BCUT2D eigenvalue weighted by molar-refractivity contribution is 6.21. The van der Waals surface area contributed by atoms with Crippen LogP contribution in [0, 0.1) is 0 Å². The number of nitrogens with zero attached hydrogens (tertiary/aromatic N) is 3.